The number of ether oxygens (including phenoxy) is 1. The van der Waals surface area contributed by atoms with Gasteiger partial charge in [0.15, 0.2) is 0 Å². The lowest BCUT2D eigenvalue weighted by Gasteiger charge is -2.32. The summed E-state index contributed by atoms with van der Waals surface area (Å²) in [7, 11) is 1.45. The minimum Gasteiger partial charge on any atom is -0.467 e. The van der Waals surface area contributed by atoms with Gasteiger partial charge in [-0.1, -0.05) is 44.9 Å². The van der Waals surface area contributed by atoms with Crippen LogP contribution in [-0.2, 0) is 9.53 Å². The molecule has 0 radical (unpaired) electrons. The molecule has 0 aromatic heterocycles. The van der Waals surface area contributed by atoms with E-state index in [9.17, 15) is 4.79 Å². The van der Waals surface area contributed by atoms with Crippen molar-refractivity contribution in [2.24, 2.45) is 0 Å². The molecule has 1 aromatic carbocycles. The SMILES string of the molecule is CCCCC(CC)(Nc1ccccc1)C(=O)OC. The molecule has 0 amide bonds. The second kappa shape index (κ2) is 7.04. The van der Waals surface area contributed by atoms with Gasteiger partial charge in [-0.05, 0) is 25.0 Å². The van der Waals surface area contributed by atoms with E-state index in [1.54, 1.807) is 0 Å². The second-order valence-corrected chi connectivity index (χ2v) is 4.52. The maximum Gasteiger partial charge on any atom is 0.331 e. The molecule has 100 valence electrons. The summed E-state index contributed by atoms with van der Waals surface area (Å²) < 4.78 is 4.97. The van der Waals surface area contributed by atoms with E-state index >= 15 is 0 Å². The highest BCUT2D eigenvalue weighted by Crippen LogP contribution is 2.26. The Morgan fingerprint density at radius 1 is 1.28 bits per heavy atom. The third-order valence-corrected chi connectivity index (χ3v) is 3.29. The monoisotopic (exact) mass is 249 g/mol. The molecule has 1 aromatic rings. The van der Waals surface area contributed by atoms with Crippen LogP contribution in [-0.4, -0.2) is 18.6 Å². The number of unbranched alkanes of at least 4 members (excludes halogenated alkanes) is 1. The van der Waals surface area contributed by atoms with Gasteiger partial charge in [0.2, 0.25) is 0 Å². The maximum absolute atomic E-state index is 12.1. The molecule has 0 bridgehead atoms. The molecule has 0 heterocycles. The van der Waals surface area contributed by atoms with E-state index in [0.717, 1.165) is 24.9 Å². The van der Waals surface area contributed by atoms with Crippen LogP contribution in [0.2, 0.25) is 0 Å². The maximum atomic E-state index is 12.1. The Morgan fingerprint density at radius 2 is 1.94 bits per heavy atom. The van der Waals surface area contributed by atoms with Gasteiger partial charge in [-0.3, -0.25) is 0 Å². The normalized spacial score (nSPS) is 13.7. The van der Waals surface area contributed by atoms with Crippen LogP contribution < -0.4 is 5.32 Å². The molecular weight excluding hydrogens is 226 g/mol. The first kappa shape index (κ1) is 14.6. The summed E-state index contributed by atoms with van der Waals surface area (Å²) in [6, 6.07) is 9.82. The number of carbonyl (C=O) groups excluding carboxylic acids is 1. The van der Waals surface area contributed by atoms with Gasteiger partial charge in [0, 0.05) is 5.69 Å². The van der Waals surface area contributed by atoms with Crippen LogP contribution in [0.1, 0.15) is 39.5 Å². The topological polar surface area (TPSA) is 38.3 Å². The zero-order valence-corrected chi connectivity index (χ0v) is 11.5. The van der Waals surface area contributed by atoms with Crippen LogP contribution in [0.5, 0.6) is 0 Å². The number of hydrogen-bond donors (Lipinski definition) is 1. The number of anilines is 1. The Balaban J connectivity index is 2.91. The number of hydrogen-bond acceptors (Lipinski definition) is 3. The molecule has 1 rings (SSSR count). The zero-order valence-electron chi connectivity index (χ0n) is 11.5. The summed E-state index contributed by atoms with van der Waals surface area (Å²) in [5, 5.41) is 3.35. The summed E-state index contributed by atoms with van der Waals surface area (Å²) in [4.78, 5) is 12.1. The molecule has 18 heavy (non-hydrogen) atoms. The fraction of sp³-hybridized carbons (Fsp3) is 0.533. The molecule has 3 heteroatoms. The molecule has 1 atom stereocenters. The second-order valence-electron chi connectivity index (χ2n) is 4.52. The van der Waals surface area contributed by atoms with Crippen molar-refractivity contribution < 1.29 is 9.53 Å². The summed E-state index contributed by atoms with van der Waals surface area (Å²) in [5.41, 5.74) is 0.354. The highest BCUT2D eigenvalue weighted by Gasteiger charge is 2.37. The number of rotatable bonds is 7. The van der Waals surface area contributed by atoms with E-state index in [0.29, 0.717) is 6.42 Å². The van der Waals surface area contributed by atoms with Crippen LogP contribution in [0.25, 0.3) is 0 Å². The van der Waals surface area contributed by atoms with Crippen molar-refractivity contribution in [3.05, 3.63) is 30.3 Å². The number of esters is 1. The molecule has 0 saturated carbocycles. The molecule has 1 N–H and O–H groups in total. The Bertz CT molecular complexity index is 364. The van der Waals surface area contributed by atoms with Crippen molar-refractivity contribution in [1.82, 2.24) is 0 Å². The fourth-order valence-electron chi connectivity index (χ4n) is 2.10. The van der Waals surface area contributed by atoms with E-state index in [4.69, 9.17) is 4.74 Å². The Hall–Kier alpha value is -1.51. The van der Waals surface area contributed by atoms with Gasteiger partial charge in [0.25, 0.3) is 0 Å². The van der Waals surface area contributed by atoms with Crippen molar-refractivity contribution in [2.75, 3.05) is 12.4 Å². The van der Waals surface area contributed by atoms with Gasteiger partial charge in [0.05, 0.1) is 7.11 Å². The van der Waals surface area contributed by atoms with Gasteiger partial charge < -0.3 is 10.1 Å². The number of benzene rings is 1. The molecule has 0 spiro atoms. The molecule has 0 fully saturated rings. The lowest BCUT2D eigenvalue weighted by molar-refractivity contribution is -0.146. The highest BCUT2D eigenvalue weighted by molar-refractivity contribution is 5.84. The summed E-state index contributed by atoms with van der Waals surface area (Å²) >= 11 is 0. The van der Waals surface area contributed by atoms with Gasteiger partial charge in [0.1, 0.15) is 5.54 Å². The lowest BCUT2D eigenvalue weighted by atomic mass is 9.89. The minimum atomic E-state index is -0.605. The molecule has 3 nitrogen and oxygen atoms in total. The van der Waals surface area contributed by atoms with Crippen LogP contribution in [0, 0.1) is 0 Å². The van der Waals surface area contributed by atoms with Crippen LogP contribution in [0.15, 0.2) is 30.3 Å². The minimum absolute atomic E-state index is 0.178. The van der Waals surface area contributed by atoms with E-state index in [1.165, 1.54) is 7.11 Å². The lowest BCUT2D eigenvalue weighted by Crippen LogP contribution is -2.46. The smallest absolute Gasteiger partial charge is 0.331 e. The Labute approximate surface area is 110 Å². The van der Waals surface area contributed by atoms with Crippen molar-refractivity contribution in [3.8, 4) is 0 Å². The quantitative estimate of drug-likeness (QED) is 0.750. The third-order valence-electron chi connectivity index (χ3n) is 3.29. The van der Waals surface area contributed by atoms with Gasteiger partial charge in [-0.15, -0.1) is 0 Å². The standard InChI is InChI=1S/C15H23NO2/c1-4-6-12-15(5-2,14(17)18-3)16-13-10-8-7-9-11-13/h7-11,16H,4-6,12H2,1-3H3. The molecular formula is C15H23NO2. The summed E-state index contributed by atoms with van der Waals surface area (Å²) in [6.07, 6.45) is 3.58. The summed E-state index contributed by atoms with van der Waals surface area (Å²) in [6.45, 7) is 4.14. The van der Waals surface area contributed by atoms with Gasteiger partial charge in [-0.25, -0.2) is 4.79 Å². The Morgan fingerprint density at radius 3 is 2.44 bits per heavy atom. The van der Waals surface area contributed by atoms with Crippen molar-refractivity contribution >= 4 is 11.7 Å². The molecule has 0 aliphatic rings. The number of nitrogens with one attached hydrogen (secondary N) is 1. The predicted molar refractivity (Wildman–Crippen MR) is 74.6 cm³/mol. The predicted octanol–water partition coefficient (Wildman–Crippen LogP) is 3.61. The van der Waals surface area contributed by atoms with Crippen molar-refractivity contribution in [1.29, 1.82) is 0 Å². The van der Waals surface area contributed by atoms with Crippen LogP contribution in [0.4, 0.5) is 5.69 Å². The first-order valence-electron chi connectivity index (χ1n) is 6.60. The van der Waals surface area contributed by atoms with Crippen molar-refractivity contribution in [3.63, 3.8) is 0 Å². The van der Waals surface area contributed by atoms with Crippen LogP contribution in [0.3, 0.4) is 0 Å². The first-order chi connectivity index (χ1) is 8.68. The highest BCUT2D eigenvalue weighted by atomic mass is 16.5. The van der Waals surface area contributed by atoms with E-state index in [-0.39, 0.29) is 5.97 Å². The Kier molecular flexibility index (Phi) is 5.69. The molecule has 0 aliphatic carbocycles. The van der Waals surface area contributed by atoms with Gasteiger partial charge in [-0.2, -0.15) is 0 Å². The van der Waals surface area contributed by atoms with Crippen LogP contribution >= 0.6 is 0 Å². The number of carbonyl (C=O) groups is 1. The third kappa shape index (κ3) is 3.49. The van der Waals surface area contributed by atoms with E-state index < -0.39 is 5.54 Å². The zero-order chi connectivity index (χ0) is 13.4. The van der Waals surface area contributed by atoms with E-state index in [2.05, 4.69) is 12.2 Å². The number of methoxy groups -OCH3 is 1. The van der Waals surface area contributed by atoms with E-state index in [1.807, 2.05) is 37.3 Å². The average Bonchev–Trinajstić information content (AvgIpc) is 2.43. The molecule has 0 aliphatic heterocycles. The molecule has 0 saturated heterocycles. The fourth-order valence-corrected chi connectivity index (χ4v) is 2.10. The largest absolute Gasteiger partial charge is 0.467 e. The summed E-state index contributed by atoms with van der Waals surface area (Å²) in [5.74, 6) is -0.178. The van der Waals surface area contributed by atoms with Gasteiger partial charge >= 0.3 is 5.97 Å². The first-order valence-corrected chi connectivity index (χ1v) is 6.60. The number of para-hydroxylation sites is 1. The van der Waals surface area contributed by atoms with Crippen molar-refractivity contribution in [2.45, 2.75) is 45.1 Å². The average molecular weight is 249 g/mol. The molecule has 1 unspecified atom stereocenters.